The second-order valence-electron chi connectivity index (χ2n) is 26.7. The highest BCUT2D eigenvalue weighted by molar-refractivity contribution is 7.47. The van der Waals surface area contributed by atoms with Crippen molar-refractivity contribution in [2.24, 2.45) is 0 Å². The normalized spacial score (nSPS) is 14.2. The predicted octanol–water partition coefficient (Wildman–Crippen LogP) is 22.7. The van der Waals surface area contributed by atoms with E-state index in [0.717, 1.165) is 141 Å². The van der Waals surface area contributed by atoms with E-state index in [-0.39, 0.29) is 25.7 Å². The molecule has 17 nitrogen and oxygen atoms in total. The minimum Gasteiger partial charge on any atom is -0.462 e. The van der Waals surface area contributed by atoms with Gasteiger partial charge in [-0.15, -0.1) is 0 Å². The summed E-state index contributed by atoms with van der Waals surface area (Å²) in [7, 11) is -9.95. The lowest BCUT2D eigenvalue weighted by atomic mass is 10.0. The van der Waals surface area contributed by atoms with E-state index in [4.69, 9.17) is 37.0 Å². The number of hydrogen-bond donors (Lipinski definition) is 3. The Morgan fingerprint density at radius 3 is 0.857 bits per heavy atom. The Hall–Kier alpha value is -3.24. The van der Waals surface area contributed by atoms with Crippen molar-refractivity contribution in [2.75, 3.05) is 39.6 Å². The van der Waals surface area contributed by atoms with Gasteiger partial charge in [-0.1, -0.05) is 288 Å². The third kappa shape index (κ3) is 71.2. The Kier molecular flexibility index (Phi) is 69.7. The molecule has 98 heavy (non-hydrogen) atoms. The van der Waals surface area contributed by atoms with Gasteiger partial charge in [-0.25, -0.2) is 9.13 Å². The van der Waals surface area contributed by atoms with Crippen LogP contribution in [-0.4, -0.2) is 96.7 Å². The molecule has 0 spiro atoms. The monoisotopic (exact) mass is 1430 g/mol. The number of unbranched alkanes of at least 4 members (excludes halogenated alkanes) is 40. The number of carbonyl (C=O) groups is 4. The van der Waals surface area contributed by atoms with Gasteiger partial charge in [-0.2, -0.15) is 0 Å². The second kappa shape index (κ2) is 72.1. The van der Waals surface area contributed by atoms with Crippen LogP contribution in [0.25, 0.3) is 0 Å². The molecule has 0 aliphatic carbocycles. The van der Waals surface area contributed by atoms with Crippen LogP contribution in [0.1, 0.15) is 362 Å². The van der Waals surface area contributed by atoms with Crippen molar-refractivity contribution >= 4 is 39.5 Å². The molecule has 2 unspecified atom stereocenters. The first kappa shape index (κ1) is 94.8. The molecule has 0 radical (unpaired) electrons. The lowest BCUT2D eigenvalue weighted by Gasteiger charge is -2.21. The standard InChI is InChI=1S/C79H144O17P2/c1-5-9-13-17-21-25-29-33-36-40-44-48-52-56-60-64-77(82)90-70-75(96-79(84)66-62-58-54-50-46-42-38-35-31-27-23-19-15-11-7-3)72-94-98(87,88)92-68-73(80)67-91-97(85,86)93-71-74(69-89-76(81)63-59-55-51-47-43-39-32-28-24-20-16-12-8-4)95-78(83)65-61-57-53-49-45-41-37-34-30-26-22-18-14-10-6-2/h21,25,27,31,33-38,73-75,80H,5-20,22-24,26,28-30,32,39-72H2,1-4H3,(H,85,86)(H,87,88)/b25-21-,31-27-,36-33-,37-34-,38-35-/t73-,74-,75-/m1/s1. The van der Waals surface area contributed by atoms with Gasteiger partial charge in [0.1, 0.15) is 19.3 Å². The minimum absolute atomic E-state index is 0.0776. The second-order valence-corrected chi connectivity index (χ2v) is 29.6. The van der Waals surface area contributed by atoms with Crippen molar-refractivity contribution in [1.29, 1.82) is 0 Å². The molecule has 0 aromatic heterocycles. The molecule has 572 valence electrons. The van der Waals surface area contributed by atoms with Crippen LogP contribution in [0.4, 0.5) is 0 Å². The summed E-state index contributed by atoms with van der Waals surface area (Å²) in [6, 6.07) is 0. The first-order chi connectivity index (χ1) is 47.7. The third-order valence-electron chi connectivity index (χ3n) is 17.0. The van der Waals surface area contributed by atoms with Gasteiger partial charge in [0.15, 0.2) is 12.2 Å². The van der Waals surface area contributed by atoms with Crippen molar-refractivity contribution in [2.45, 2.75) is 380 Å². The number of aliphatic hydroxyl groups is 1. The molecule has 0 aliphatic rings. The third-order valence-corrected chi connectivity index (χ3v) is 18.9. The summed E-state index contributed by atoms with van der Waals surface area (Å²) < 4.78 is 68.5. The fourth-order valence-corrected chi connectivity index (χ4v) is 12.5. The molecule has 0 amide bonds. The number of ether oxygens (including phenoxy) is 4. The first-order valence-electron chi connectivity index (χ1n) is 39.5. The summed E-state index contributed by atoms with van der Waals surface area (Å²) in [6.07, 6.45) is 70.5. The van der Waals surface area contributed by atoms with E-state index in [1.807, 2.05) is 0 Å². The molecule has 0 bridgehead atoms. The number of phosphoric ester groups is 2. The number of esters is 4. The van der Waals surface area contributed by atoms with Crippen LogP contribution in [0.3, 0.4) is 0 Å². The summed E-state index contributed by atoms with van der Waals surface area (Å²) in [5.74, 6) is -2.18. The summed E-state index contributed by atoms with van der Waals surface area (Å²) >= 11 is 0. The molecule has 0 aromatic carbocycles. The van der Waals surface area contributed by atoms with Gasteiger partial charge >= 0.3 is 39.5 Å². The largest absolute Gasteiger partial charge is 0.472 e. The highest BCUT2D eigenvalue weighted by atomic mass is 31.2. The molecule has 0 aliphatic heterocycles. The maximum Gasteiger partial charge on any atom is 0.472 e. The molecular weight excluding hydrogens is 1280 g/mol. The molecule has 19 heteroatoms. The Morgan fingerprint density at radius 2 is 0.531 bits per heavy atom. The van der Waals surface area contributed by atoms with E-state index < -0.39 is 97.5 Å². The number of carbonyl (C=O) groups excluding carboxylic acids is 4. The zero-order chi connectivity index (χ0) is 71.8. The van der Waals surface area contributed by atoms with Gasteiger partial charge in [0.25, 0.3) is 0 Å². The van der Waals surface area contributed by atoms with Crippen molar-refractivity contribution in [3.63, 3.8) is 0 Å². The molecule has 0 heterocycles. The van der Waals surface area contributed by atoms with E-state index in [0.29, 0.717) is 25.7 Å². The van der Waals surface area contributed by atoms with Gasteiger partial charge in [-0.3, -0.25) is 37.3 Å². The van der Waals surface area contributed by atoms with Crippen LogP contribution < -0.4 is 0 Å². The molecule has 0 saturated heterocycles. The average Bonchev–Trinajstić information content (AvgIpc) is 1.04. The Labute approximate surface area is 597 Å². The zero-order valence-corrected chi connectivity index (χ0v) is 64.3. The molecule has 3 N–H and O–H groups in total. The zero-order valence-electron chi connectivity index (χ0n) is 62.5. The number of aliphatic hydroxyl groups excluding tert-OH is 1. The summed E-state index contributed by atoms with van der Waals surface area (Å²) in [4.78, 5) is 72.9. The van der Waals surface area contributed by atoms with Crippen molar-refractivity contribution in [3.05, 3.63) is 60.8 Å². The highest BCUT2D eigenvalue weighted by Crippen LogP contribution is 2.45. The number of rotatable bonds is 75. The minimum atomic E-state index is -4.98. The number of allylic oxidation sites excluding steroid dienone is 10. The first-order valence-corrected chi connectivity index (χ1v) is 42.5. The molecular formula is C79H144O17P2. The van der Waals surface area contributed by atoms with E-state index in [2.05, 4.69) is 88.5 Å². The van der Waals surface area contributed by atoms with Crippen molar-refractivity contribution in [1.82, 2.24) is 0 Å². The topological polar surface area (TPSA) is 237 Å². The molecule has 0 fully saturated rings. The van der Waals surface area contributed by atoms with Crippen LogP contribution in [0.2, 0.25) is 0 Å². The lowest BCUT2D eigenvalue weighted by Crippen LogP contribution is -2.30. The van der Waals surface area contributed by atoms with Gasteiger partial charge in [0, 0.05) is 25.7 Å². The van der Waals surface area contributed by atoms with E-state index in [9.17, 15) is 43.2 Å². The van der Waals surface area contributed by atoms with Crippen molar-refractivity contribution < 1.29 is 80.2 Å². The Balaban J connectivity index is 5.35. The van der Waals surface area contributed by atoms with Crippen LogP contribution in [0.5, 0.6) is 0 Å². The average molecular weight is 1430 g/mol. The van der Waals surface area contributed by atoms with Gasteiger partial charge < -0.3 is 33.8 Å². The smallest absolute Gasteiger partial charge is 0.462 e. The van der Waals surface area contributed by atoms with Crippen LogP contribution in [0, 0.1) is 0 Å². The van der Waals surface area contributed by atoms with Crippen LogP contribution in [-0.2, 0) is 65.4 Å². The highest BCUT2D eigenvalue weighted by Gasteiger charge is 2.30. The molecule has 0 aromatic rings. The van der Waals surface area contributed by atoms with E-state index in [1.165, 1.54) is 141 Å². The molecule has 5 atom stereocenters. The van der Waals surface area contributed by atoms with Gasteiger partial charge in [0.05, 0.1) is 26.4 Å². The van der Waals surface area contributed by atoms with E-state index >= 15 is 0 Å². The fourth-order valence-electron chi connectivity index (χ4n) is 10.9. The van der Waals surface area contributed by atoms with Gasteiger partial charge in [-0.05, 0) is 109 Å². The lowest BCUT2D eigenvalue weighted by molar-refractivity contribution is -0.161. The predicted molar refractivity (Wildman–Crippen MR) is 400 cm³/mol. The Morgan fingerprint density at radius 1 is 0.296 bits per heavy atom. The summed E-state index contributed by atoms with van der Waals surface area (Å²) in [5.41, 5.74) is 0. The maximum absolute atomic E-state index is 13.1. The van der Waals surface area contributed by atoms with Crippen molar-refractivity contribution in [3.8, 4) is 0 Å². The number of phosphoric acid groups is 2. The quantitative estimate of drug-likeness (QED) is 0.0128. The fraction of sp³-hybridized carbons (Fsp3) is 0.823. The Bertz CT molecular complexity index is 2100. The molecule has 0 saturated carbocycles. The van der Waals surface area contributed by atoms with Crippen LogP contribution >= 0.6 is 15.6 Å². The molecule has 0 rings (SSSR count). The SMILES string of the molecule is CCCCC/C=C\C/C=C\CCCCCCCC(=O)OC[C@H](COP(=O)(O)OC[C@H](O)COP(=O)(O)OC[C@@H](COC(=O)CCCCCCCCCCCCCCC)OC(=O)CCCCCCC/C=C\CCCCCCCC)OC(=O)CCCCCCC/C=C\C=C/CCCCCC. The van der Waals surface area contributed by atoms with Crippen LogP contribution in [0.15, 0.2) is 60.8 Å². The summed E-state index contributed by atoms with van der Waals surface area (Å²) in [5, 5.41) is 10.6. The maximum atomic E-state index is 13.1. The summed E-state index contributed by atoms with van der Waals surface area (Å²) in [6.45, 7) is 4.84. The number of hydrogen-bond acceptors (Lipinski definition) is 15. The van der Waals surface area contributed by atoms with Gasteiger partial charge in [0.2, 0.25) is 0 Å². The van der Waals surface area contributed by atoms with E-state index in [1.54, 1.807) is 0 Å².